The summed E-state index contributed by atoms with van der Waals surface area (Å²) in [5, 5.41) is 0. The van der Waals surface area contributed by atoms with Crippen molar-refractivity contribution in [2.45, 2.75) is 25.7 Å². The average Bonchev–Trinajstić information content (AvgIpc) is 1.96. The average molecular weight is 231 g/mol. The molecule has 0 aromatic rings. The SMILES string of the molecule is C=C(C)C(=O)OC(CC)S(=O)(=O)O.[Na+]. The van der Waals surface area contributed by atoms with Crippen molar-refractivity contribution in [2.75, 3.05) is 0 Å². The van der Waals surface area contributed by atoms with E-state index in [9.17, 15) is 13.2 Å². The van der Waals surface area contributed by atoms with Crippen molar-refractivity contribution >= 4 is 16.1 Å². The van der Waals surface area contributed by atoms with Gasteiger partial charge in [-0.1, -0.05) is 13.5 Å². The molecular weight excluding hydrogens is 219 g/mol. The number of rotatable bonds is 4. The maximum atomic E-state index is 10.9. The molecule has 1 atom stereocenters. The predicted octanol–water partition coefficient (Wildman–Crippen LogP) is -2.27. The molecule has 0 amide bonds. The van der Waals surface area contributed by atoms with E-state index in [1.54, 1.807) is 0 Å². The van der Waals surface area contributed by atoms with Crippen LogP contribution in [0.1, 0.15) is 20.3 Å². The van der Waals surface area contributed by atoms with E-state index in [1.807, 2.05) is 0 Å². The number of hydrogen-bond donors (Lipinski definition) is 1. The molecule has 1 N–H and O–H groups in total. The van der Waals surface area contributed by atoms with Gasteiger partial charge in [0.1, 0.15) is 0 Å². The Hall–Kier alpha value is 0.120. The molecule has 5 nitrogen and oxygen atoms in total. The summed E-state index contributed by atoms with van der Waals surface area (Å²) >= 11 is 0. The van der Waals surface area contributed by atoms with Gasteiger partial charge in [-0.2, -0.15) is 8.42 Å². The maximum Gasteiger partial charge on any atom is 1.00 e. The molecule has 0 fully saturated rings. The van der Waals surface area contributed by atoms with E-state index in [1.165, 1.54) is 13.8 Å². The first-order chi connectivity index (χ1) is 5.79. The van der Waals surface area contributed by atoms with Gasteiger partial charge in [0.05, 0.1) is 0 Å². The molecule has 0 heterocycles. The van der Waals surface area contributed by atoms with Crippen molar-refractivity contribution in [1.82, 2.24) is 0 Å². The molecular formula is C7H12NaO5S+. The van der Waals surface area contributed by atoms with Gasteiger partial charge in [-0.05, 0) is 13.3 Å². The Bertz CT molecular complexity index is 308. The van der Waals surface area contributed by atoms with Gasteiger partial charge < -0.3 is 4.74 Å². The van der Waals surface area contributed by atoms with E-state index in [4.69, 9.17) is 4.55 Å². The normalized spacial score (nSPS) is 12.5. The fourth-order valence-corrected chi connectivity index (χ4v) is 1.20. The molecule has 0 aliphatic rings. The molecule has 0 saturated heterocycles. The van der Waals surface area contributed by atoms with Crippen LogP contribution in [0, 0.1) is 0 Å². The first-order valence-electron chi connectivity index (χ1n) is 3.61. The zero-order valence-corrected chi connectivity index (χ0v) is 11.3. The number of carbonyl (C=O) groups excluding carboxylic acids is 1. The van der Waals surface area contributed by atoms with Crippen LogP contribution in [0.5, 0.6) is 0 Å². The predicted molar refractivity (Wildman–Crippen MR) is 46.5 cm³/mol. The number of ether oxygens (including phenoxy) is 1. The first-order valence-corrected chi connectivity index (χ1v) is 5.12. The molecule has 0 bridgehead atoms. The van der Waals surface area contributed by atoms with Crippen LogP contribution in [0.15, 0.2) is 12.2 Å². The summed E-state index contributed by atoms with van der Waals surface area (Å²) in [7, 11) is -4.33. The number of hydrogen-bond acceptors (Lipinski definition) is 4. The quantitative estimate of drug-likeness (QED) is 0.255. The molecule has 0 aliphatic carbocycles. The van der Waals surface area contributed by atoms with E-state index < -0.39 is 21.5 Å². The molecule has 1 unspecified atom stereocenters. The van der Waals surface area contributed by atoms with Gasteiger partial charge in [-0.25, -0.2) is 4.79 Å². The molecule has 0 spiro atoms. The zero-order valence-electron chi connectivity index (χ0n) is 8.48. The van der Waals surface area contributed by atoms with Crippen LogP contribution in [-0.4, -0.2) is 24.4 Å². The Morgan fingerprint density at radius 1 is 1.57 bits per heavy atom. The first kappa shape index (κ1) is 16.5. The molecule has 7 heteroatoms. The largest absolute Gasteiger partial charge is 1.00 e. The Morgan fingerprint density at radius 2 is 2.00 bits per heavy atom. The van der Waals surface area contributed by atoms with Gasteiger partial charge in [0, 0.05) is 5.57 Å². The van der Waals surface area contributed by atoms with Gasteiger partial charge in [0.25, 0.3) is 0 Å². The summed E-state index contributed by atoms with van der Waals surface area (Å²) in [4.78, 5) is 10.9. The van der Waals surface area contributed by atoms with Crippen molar-refractivity contribution in [3.8, 4) is 0 Å². The second-order valence-corrected chi connectivity index (χ2v) is 4.09. The molecule has 76 valence electrons. The summed E-state index contributed by atoms with van der Waals surface area (Å²) in [5.41, 5.74) is -1.42. The molecule has 0 radical (unpaired) electrons. The maximum absolute atomic E-state index is 10.9. The minimum atomic E-state index is -4.33. The van der Waals surface area contributed by atoms with Crippen LogP contribution in [0.25, 0.3) is 0 Å². The third kappa shape index (κ3) is 5.77. The Kier molecular flexibility index (Phi) is 7.77. The second-order valence-electron chi connectivity index (χ2n) is 2.54. The van der Waals surface area contributed by atoms with Gasteiger partial charge in [0.15, 0.2) is 0 Å². The van der Waals surface area contributed by atoms with E-state index in [-0.39, 0.29) is 41.6 Å². The Morgan fingerprint density at radius 3 is 2.21 bits per heavy atom. The molecule has 0 aromatic heterocycles. The second kappa shape index (κ2) is 6.58. The fraction of sp³-hybridized carbons (Fsp3) is 0.571. The Balaban J connectivity index is 0. The fourth-order valence-electron chi connectivity index (χ4n) is 0.575. The minimum absolute atomic E-state index is 0. The molecule has 0 aromatic carbocycles. The van der Waals surface area contributed by atoms with Crippen molar-refractivity contribution in [3.63, 3.8) is 0 Å². The van der Waals surface area contributed by atoms with Gasteiger partial charge in [0.2, 0.25) is 5.44 Å². The third-order valence-electron chi connectivity index (χ3n) is 1.25. The van der Waals surface area contributed by atoms with E-state index in [0.717, 1.165) is 0 Å². The van der Waals surface area contributed by atoms with Crippen molar-refractivity contribution in [3.05, 3.63) is 12.2 Å². The standard InChI is InChI=1S/C7H12O5S.Na/c1-4-6(13(9,10)11)12-7(8)5(2)3;/h6H,2,4H2,1,3H3,(H,9,10,11);/q;+1. The van der Waals surface area contributed by atoms with Crippen LogP contribution in [0.4, 0.5) is 0 Å². The van der Waals surface area contributed by atoms with E-state index in [0.29, 0.717) is 0 Å². The van der Waals surface area contributed by atoms with Gasteiger partial charge >= 0.3 is 45.6 Å². The number of esters is 1. The van der Waals surface area contributed by atoms with Crippen molar-refractivity contribution in [1.29, 1.82) is 0 Å². The summed E-state index contributed by atoms with van der Waals surface area (Å²) in [6.07, 6.45) is -0.00213. The number of carbonyl (C=O) groups is 1. The van der Waals surface area contributed by atoms with Crippen molar-refractivity contribution < 1.29 is 52.1 Å². The molecule has 0 saturated carbocycles. The van der Waals surface area contributed by atoms with E-state index >= 15 is 0 Å². The topological polar surface area (TPSA) is 80.7 Å². The Labute approximate surface area is 106 Å². The van der Waals surface area contributed by atoms with Crippen LogP contribution in [-0.2, 0) is 19.6 Å². The minimum Gasteiger partial charge on any atom is -0.440 e. The summed E-state index contributed by atoms with van der Waals surface area (Å²) in [5.74, 6) is -0.829. The van der Waals surface area contributed by atoms with Gasteiger partial charge in [-0.3, -0.25) is 4.55 Å². The summed E-state index contributed by atoms with van der Waals surface area (Å²) in [6, 6.07) is 0. The third-order valence-corrected chi connectivity index (χ3v) is 2.35. The zero-order chi connectivity index (χ0) is 10.6. The monoisotopic (exact) mass is 231 g/mol. The molecule has 0 aliphatic heterocycles. The van der Waals surface area contributed by atoms with Crippen LogP contribution < -0.4 is 29.6 Å². The smallest absolute Gasteiger partial charge is 0.440 e. The van der Waals surface area contributed by atoms with Crippen LogP contribution in [0.2, 0.25) is 0 Å². The van der Waals surface area contributed by atoms with Crippen molar-refractivity contribution in [2.24, 2.45) is 0 Å². The summed E-state index contributed by atoms with van der Waals surface area (Å²) in [6.45, 7) is 6.14. The van der Waals surface area contributed by atoms with E-state index in [2.05, 4.69) is 11.3 Å². The van der Waals surface area contributed by atoms with Gasteiger partial charge in [-0.15, -0.1) is 0 Å². The molecule has 0 rings (SSSR count). The van der Waals surface area contributed by atoms with Crippen LogP contribution >= 0.6 is 0 Å². The van der Waals surface area contributed by atoms with Crippen LogP contribution in [0.3, 0.4) is 0 Å². The summed E-state index contributed by atoms with van der Waals surface area (Å²) < 4.78 is 34.2. The molecule has 14 heavy (non-hydrogen) atoms.